The summed E-state index contributed by atoms with van der Waals surface area (Å²) in [6.45, 7) is 3.12. The molecule has 0 heterocycles. The van der Waals surface area contributed by atoms with Crippen LogP contribution in [0, 0.1) is 16.0 Å². The molecule has 1 aromatic carbocycles. The van der Waals surface area contributed by atoms with Gasteiger partial charge in [-0.15, -0.1) is 0 Å². The van der Waals surface area contributed by atoms with Crippen molar-refractivity contribution in [3.8, 4) is 0 Å². The highest BCUT2D eigenvalue weighted by molar-refractivity contribution is 5.35. The quantitative estimate of drug-likeness (QED) is 0.599. The molecular formula is C16H24N2O2. The van der Waals surface area contributed by atoms with Crippen molar-refractivity contribution in [3.63, 3.8) is 0 Å². The largest absolute Gasteiger partial charge is 0.310 e. The van der Waals surface area contributed by atoms with E-state index in [4.69, 9.17) is 0 Å². The summed E-state index contributed by atoms with van der Waals surface area (Å²) in [7, 11) is 0. The van der Waals surface area contributed by atoms with Gasteiger partial charge in [0.25, 0.3) is 5.69 Å². The zero-order valence-electron chi connectivity index (χ0n) is 12.2. The number of rotatable bonds is 7. The van der Waals surface area contributed by atoms with Crippen molar-refractivity contribution < 1.29 is 4.92 Å². The van der Waals surface area contributed by atoms with E-state index in [9.17, 15) is 10.1 Å². The fourth-order valence-corrected chi connectivity index (χ4v) is 3.11. The lowest BCUT2D eigenvalue weighted by Gasteiger charge is -2.18. The van der Waals surface area contributed by atoms with Crippen LogP contribution in [0.1, 0.15) is 57.1 Å². The predicted molar refractivity (Wildman–Crippen MR) is 80.7 cm³/mol. The van der Waals surface area contributed by atoms with Gasteiger partial charge in [0.2, 0.25) is 0 Å². The molecule has 20 heavy (non-hydrogen) atoms. The average molecular weight is 276 g/mol. The molecule has 110 valence electrons. The van der Waals surface area contributed by atoms with Crippen LogP contribution in [0.25, 0.3) is 0 Å². The van der Waals surface area contributed by atoms with Crippen molar-refractivity contribution in [2.75, 3.05) is 6.54 Å². The van der Waals surface area contributed by atoms with Crippen LogP contribution in [0.2, 0.25) is 0 Å². The highest BCUT2D eigenvalue weighted by atomic mass is 16.6. The second-order valence-electron chi connectivity index (χ2n) is 5.71. The molecule has 1 unspecified atom stereocenters. The van der Waals surface area contributed by atoms with Gasteiger partial charge in [-0.3, -0.25) is 10.1 Å². The number of nitro benzene ring substituents is 1. The topological polar surface area (TPSA) is 55.2 Å². The van der Waals surface area contributed by atoms with Gasteiger partial charge in [-0.05, 0) is 30.9 Å². The van der Waals surface area contributed by atoms with Gasteiger partial charge in [0.15, 0.2) is 0 Å². The first kappa shape index (κ1) is 15.0. The Balaban J connectivity index is 1.89. The van der Waals surface area contributed by atoms with E-state index in [0.29, 0.717) is 0 Å². The molecule has 1 saturated carbocycles. The Morgan fingerprint density at radius 3 is 2.80 bits per heavy atom. The number of benzene rings is 1. The summed E-state index contributed by atoms with van der Waals surface area (Å²) < 4.78 is 0. The number of hydrogen-bond donors (Lipinski definition) is 1. The smallest absolute Gasteiger partial charge is 0.269 e. The summed E-state index contributed by atoms with van der Waals surface area (Å²) >= 11 is 0. The number of nitro groups is 1. The molecule has 1 aromatic rings. The fraction of sp³-hybridized carbons (Fsp3) is 0.625. The Morgan fingerprint density at radius 2 is 2.15 bits per heavy atom. The highest BCUT2D eigenvalue weighted by Gasteiger charge is 2.16. The van der Waals surface area contributed by atoms with Crippen molar-refractivity contribution in [2.24, 2.45) is 5.92 Å². The summed E-state index contributed by atoms with van der Waals surface area (Å²) in [5, 5.41) is 14.4. The third-order valence-electron chi connectivity index (χ3n) is 4.31. The third kappa shape index (κ3) is 4.04. The van der Waals surface area contributed by atoms with Crippen molar-refractivity contribution in [1.29, 1.82) is 0 Å². The molecule has 0 spiro atoms. The summed E-state index contributed by atoms with van der Waals surface area (Å²) in [5.74, 6) is 0.880. The molecule has 1 fully saturated rings. The normalized spacial score (nSPS) is 17.2. The Kier molecular flexibility index (Phi) is 5.53. The molecule has 4 heteroatoms. The molecule has 0 saturated heterocycles. The Bertz CT molecular complexity index is 442. The minimum absolute atomic E-state index is 0.179. The molecule has 0 radical (unpaired) electrons. The maximum atomic E-state index is 10.8. The van der Waals surface area contributed by atoms with E-state index in [1.54, 1.807) is 18.2 Å². The molecule has 0 aromatic heterocycles. The van der Waals surface area contributed by atoms with Gasteiger partial charge in [0, 0.05) is 18.2 Å². The first-order valence-corrected chi connectivity index (χ1v) is 7.68. The van der Waals surface area contributed by atoms with Gasteiger partial charge in [0.05, 0.1) is 4.92 Å². The lowest BCUT2D eigenvalue weighted by Crippen LogP contribution is -2.23. The lowest BCUT2D eigenvalue weighted by molar-refractivity contribution is -0.384. The first-order chi connectivity index (χ1) is 9.70. The van der Waals surface area contributed by atoms with E-state index in [-0.39, 0.29) is 16.7 Å². The Morgan fingerprint density at radius 1 is 1.40 bits per heavy atom. The standard InChI is InChI=1S/C16H24N2O2/c1-2-16(17-11-10-13-6-3-4-7-13)14-8-5-9-15(12-14)18(19)20/h5,8-9,12-13,16-17H,2-4,6-7,10-11H2,1H3. The highest BCUT2D eigenvalue weighted by Crippen LogP contribution is 2.27. The fourth-order valence-electron chi connectivity index (χ4n) is 3.11. The maximum Gasteiger partial charge on any atom is 0.269 e. The SMILES string of the molecule is CCC(NCCC1CCCC1)c1cccc([N+](=O)[O-])c1. The zero-order valence-corrected chi connectivity index (χ0v) is 12.2. The molecule has 1 aliphatic carbocycles. The molecular weight excluding hydrogens is 252 g/mol. The molecule has 1 aliphatic rings. The van der Waals surface area contributed by atoms with Crippen molar-refractivity contribution >= 4 is 5.69 Å². The molecule has 2 rings (SSSR count). The van der Waals surface area contributed by atoms with Crippen LogP contribution < -0.4 is 5.32 Å². The molecule has 1 N–H and O–H groups in total. The van der Waals surface area contributed by atoms with Crippen LogP contribution in [-0.4, -0.2) is 11.5 Å². The van der Waals surface area contributed by atoms with Gasteiger partial charge >= 0.3 is 0 Å². The van der Waals surface area contributed by atoms with Crippen molar-refractivity contribution in [3.05, 3.63) is 39.9 Å². The number of nitrogens with zero attached hydrogens (tertiary/aromatic N) is 1. The van der Waals surface area contributed by atoms with Gasteiger partial charge in [-0.25, -0.2) is 0 Å². The number of hydrogen-bond acceptors (Lipinski definition) is 3. The van der Waals surface area contributed by atoms with E-state index >= 15 is 0 Å². The van der Waals surface area contributed by atoms with Crippen LogP contribution in [0.3, 0.4) is 0 Å². The molecule has 0 bridgehead atoms. The minimum Gasteiger partial charge on any atom is -0.310 e. The van der Waals surface area contributed by atoms with Crippen LogP contribution in [-0.2, 0) is 0 Å². The molecule has 0 amide bonds. The van der Waals surface area contributed by atoms with Crippen molar-refractivity contribution in [2.45, 2.75) is 51.5 Å². The zero-order chi connectivity index (χ0) is 14.4. The number of nitrogens with one attached hydrogen (secondary N) is 1. The molecule has 1 atom stereocenters. The first-order valence-electron chi connectivity index (χ1n) is 7.68. The van der Waals surface area contributed by atoms with Crippen LogP contribution in [0.5, 0.6) is 0 Å². The molecule has 0 aliphatic heterocycles. The van der Waals surface area contributed by atoms with E-state index < -0.39 is 0 Å². The average Bonchev–Trinajstić information content (AvgIpc) is 2.97. The second kappa shape index (κ2) is 7.39. The van der Waals surface area contributed by atoms with Crippen LogP contribution in [0.15, 0.2) is 24.3 Å². The third-order valence-corrected chi connectivity index (χ3v) is 4.31. The summed E-state index contributed by atoms with van der Waals surface area (Å²) in [5.41, 5.74) is 1.20. The van der Waals surface area contributed by atoms with Gasteiger partial charge in [0.1, 0.15) is 0 Å². The summed E-state index contributed by atoms with van der Waals surface area (Å²) in [6, 6.07) is 7.21. The molecule has 4 nitrogen and oxygen atoms in total. The van der Waals surface area contributed by atoms with E-state index in [1.807, 2.05) is 6.07 Å². The summed E-state index contributed by atoms with van der Waals surface area (Å²) in [6.07, 6.45) is 7.68. The van der Waals surface area contributed by atoms with Crippen LogP contribution in [0.4, 0.5) is 5.69 Å². The minimum atomic E-state index is -0.325. The van der Waals surface area contributed by atoms with Crippen molar-refractivity contribution in [1.82, 2.24) is 5.32 Å². The van der Waals surface area contributed by atoms with Gasteiger partial charge in [-0.1, -0.05) is 44.7 Å². The lowest BCUT2D eigenvalue weighted by atomic mass is 10.0. The maximum absolute atomic E-state index is 10.8. The predicted octanol–water partition coefficient (Wildman–Crippen LogP) is 4.22. The second-order valence-corrected chi connectivity index (χ2v) is 5.71. The number of non-ortho nitro benzene ring substituents is 1. The van der Waals surface area contributed by atoms with Crippen LogP contribution >= 0.6 is 0 Å². The summed E-state index contributed by atoms with van der Waals surface area (Å²) in [4.78, 5) is 10.5. The van der Waals surface area contributed by atoms with Gasteiger partial charge < -0.3 is 5.32 Å². The monoisotopic (exact) mass is 276 g/mol. The van der Waals surface area contributed by atoms with E-state index in [2.05, 4.69) is 12.2 Å². The Hall–Kier alpha value is -1.42. The van der Waals surface area contributed by atoms with Gasteiger partial charge in [-0.2, -0.15) is 0 Å². The Labute approximate surface area is 120 Å². The van der Waals surface area contributed by atoms with E-state index in [0.717, 1.165) is 24.4 Å². The van der Waals surface area contributed by atoms with E-state index in [1.165, 1.54) is 32.1 Å².